The SMILES string of the molecule is CCCC(C)OP(=O)(OC(C)CCC)C1=C(C)NC(C)=C(C(=O)OCCN(C)Cc2ccccc2)C1c1cccc([N+](=O)[O-])c1. The van der Waals surface area contributed by atoms with E-state index < -0.39 is 36.6 Å². The van der Waals surface area contributed by atoms with Gasteiger partial charge in [-0.3, -0.25) is 19.6 Å². The average molecular weight is 642 g/mol. The Bertz CT molecular complexity index is 1410. The molecule has 10 nitrogen and oxygen atoms in total. The molecule has 1 heterocycles. The largest absolute Gasteiger partial charge is 0.461 e. The smallest absolute Gasteiger partial charge is 0.360 e. The highest BCUT2D eigenvalue weighted by molar-refractivity contribution is 7.58. The molecule has 1 aliphatic heterocycles. The molecule has 246 valence electrons. The minimum Gasteiger partial charge on any atom is -0.461 e. The summed E-state index contributed by atoms with van der Waals surface area (Å²) in [6.07, 6.45) is 2.12. The van der Waals surface area contributed by atoms with Gasteiger partial charge in [0.1, 0.15) is 6.61 Å². The molecule has 0 fully saturated rings. The van der Waals surface area contributed by atoms with Crippen LogP contribution in [0.2, 0.25) is 0 Å². The number of dihydropyridines is 1. The molecule has 0 spiro atoms. The Morgan fingerprint density at radius 1 is 1.00 bits per heavy atom. The van der Waals surface area contributed by atoms with Gasteiger partial charge >= 0.3 is 13.6 Å². The first-order valence-corrected chi connectivity index (χ1v) is 17.2. The van der Waals surface area contributed by atoms with Gasteiger partial charge in [0.05, 0.1) is 33.9 Å². The van der Waals surface area contributed by atoms with Gasteiger partial charge in [0.25, 0.3) is 5.69 Å². The number of carbonyl (C=O) groups excluding carboxylic acids is 1. The summed E-state index contributed by atoms with van der Waals surface area (Å²) in [4.78, 5) is 27.3. The Balaban J connectivity index is 2.03. The zero-order chi connectivity index (χ0) is 33.1. The summed E-state index contributed by atoms with van der Waals surface area (Å²) in [5, 5.41) is 15.3. The lowest BCUT2D eigenvalue weighted by atomic mass is 9.86. The summed E-state index contributed by atoms with van der Waals surface area (Å²) in [7, 11) is -2.12. The van der Waals surface area contributed by atoms with Crippen LogP contribution in [0.3, 0.4) is 0 Å². The molecular weight excluding hydrogens is 593 g/mol. The van der Waals surface area contributed by atoms with E-state index in [1.807, 2.05) is 65.1 Å². The van der Waals surface area contributed by atoms with E-state index in [9.17, 15) is 14.9 Å². The Labute approximate surface area is 267 Å². The maximum atomic E-state index is 15.0. The molecule has 0 bridgehead atoms. The molecule has 2 aromatic rings. The first kappa shape index (κ1) is 36.2. The highest BCUT2D eigenvalue weighted by atomic mass is 31.2. The third kappa shape index (κ3) is 9.84. The summed E-state index contributed by atoms with van der Waals surface area (Å²) >= 11 is 0. The van der Waals surface area contributed by atoms with Crippen molar-refractivity contribution >= 4 is 19.3 Å². The zero-order valence-electron chi connectivity index (χ0n) is 27.6. The number of rotatable bonds is 17. The van der Waals surface area contributed by atoms with Crippen LogP contribution in [0, 0.1) is 10.1 Å². The molecule has 0 radical (unpaired) electrons. The lowest BCUT2D eigenvalue weighted by Gasteiger charge is -2.36. The fraction of sp³-hybridized carbons (Fsp3) is 0.500. The van der Waals surface area contributed by atoms with E-state index >= 15 is 4.57 Å². The number of esters is 1. The van der Waals surface area contributed by atoms with Gasteiger partial charge in [-0.05, 0) is 58.7 Å². The van der Waals surface area contributed by atoms with E-state index in [2.05, 4.69) is 10.2 Å². The van der Waals surface area contributed by atoms with Gasteiger partial charge in [-0.15, -0.1) is 0 Å². The van der Waals surface area contributed by atoms with E-state index in [0.717, 1.165) is 18.4 Å². The summed E-state index contributed by atoms with van der Waals surface area (Å²) in [5.41, 5.74) is 2.64. The van der Waals surface area contributed by atoms with Gasteiger partial charge in [0.2, 0.25) is 0 Å². The van der Waals surface area contributed by atoms with Gasteiger partial charge < -0.3 is 19.1 Å². The van der Waals surface area contributed by atoms with Crippen LogP contribution < -0.4 is 5.32 Å². The number of hydrogen-bond donors (Lipinski definition) is 1. The molecule has 3 atom stereocenters. The monoisotopic (exact) mass is 641 g/mol. The fourth-order valence-electron chi connectivity index (χ4n) is 5.64. The quantitative estimate of drug-likeness (QED) is 0.0791. The number of benzene rings is 2. The molecule has 3 rings (SSSR count). The molecule has 11 heteroatoms. The fourth-order valence-corrected chi connectivity index (χ4v) is 8.13. The van der Waals surface area contributed by atoms with Gasteiger partial charge in [-0.1, -0.05) is 69.2 Å². The van der Waals surface area contributed by atoms with Gasteiger partial charge in [-0.25, -0.2) is 4.79 Å². The minimum atomic E-state index is -4.07. The van der Waals surface area contributed by atoms with Crippen molar-refractivity contribution in [3.63, 3.8) is 0 Å². The molecule has 45 heavy (non-hydrogen) atoms. The van der Waals surface area contributed by atoms with E-state index in [0.29, 0.717) is 42.9 Å². The van der Waals surface area contributed by atoms with Crippen molar-refractivity contribution in [3.05, 3.63) is 98.1 Å². The second kappa shape index (κ2) is 16.9. The molecular formula is C34H48N3O7P. The molecule has 3 unspecified atom stereocenters. The van der Waals surface area contributed by atoms with Crippen LogP contribution in [0.4, 0.5) is 5.69 Å². The molecule has 2 aromatic carbocycles. The number of ether oxygens (including phenoxy) is 1. The molecule has 0 saturated heterocycles. The third-order valence-corrected chi connectivity index (χ3v) is 10.1. The number of carbonyl (C=O) groups is 1. The number of nitrogens with one attached hydrogen (secondary N) is 1. The van der Waals surface area contributed by atoms with Crippen LogP contribution >= 0.6 is 7.60 Å². The first-order chi connectivity index (χ1) is 21.4. The second-order valence-electron chi connectivity index (χ2n) is 11.7. The van der Waals surface area contributed by atoms with Crippen LogP contribution in [0.15, 0.2) is 76.9 Å². The van der Waals surface area contributed by atoms with Crippen LogP contribution in [0.5, 0.6) is 0 Å². The summed E-state index contributed by atoms with van der Waals surface area (Å²) in [5.74, 6) is -1.57. The second-order valence-corrected chi connectivity index (χ2v) is 13.6. The van der Waals surface area contributed by atoms with E-state index in [1.54, 1.807) is 26.0 Å². The van der Waals surface area contributed by atoms with Crippen LogP contribution in [-0.4, -0.2) is 48.2 Å². The lowest BCUT2D eigenvalue weighted by Crippen LogP contribution is -2.31. The maximum Gasteiger partial charge on any atom is 0.360 e. The van der Waals surface area contributed by atoms with Crippen LogP contribution in [0.1, 0.15) is 84.3 Å². The normalized spacial score (nSPS) is 17.9. The van der Waals surface area contributed by atoms with E-state index in [4.69, 9.17) is 13.8 Å². The lowest BCUT2D eigenvalue weighted by molar-refractivity contribution is -0.384. The molecule has 1 aliphatic rings. The number of nitro groups is 1. The molecule has 0 aliphatic carbocycles. The number of likely N-dealkylation sites (N-methyl/N-ethyl adjacent to an activating group) is 1. The molecule has 0 saturated carbocycles. The number of nitrogens with zero attached hydrogens (tertiary/aromatic N) is 2. The highest BCUT2D eigenvalue weighted by Gasteiger charge is 2.46. The minimum absolute atomic E-state index is 0.115. The van der Waals surface area contributed by atoms with Crippen molar-refractivity contribution in [1.29, 1.82) is 0 Å². The Kier molecular flexibility index (Phi) is 13.5. The first-order valence-electron chi connectivity index (χ1n) is 15.7. The van der Waals surface area contributed by atoms with Gasteiger partial charge in [0.15, 0.2) is 0 Å². The summed E-state index contributed by atoms with van der Waals surface area (Å²) < 4.78 is 33.4. The zero-order valence-corrected chi connectivity index (χ0v) is 28.5. The van der Waals surface area contributed by atoms with Gasteiger partial charge in [0, 0.05) is 36.6 Å². The standard InChI is InChI=1S/C34H48N3O7P/c1-8-14-24(3)43-45(41,44-25(4)15-9-2)33-27(6)35-26(5)31(32(33)29-18-13-19-30(22-29)37(39)40)34(38)42-21-20-36(7)23-28-16-11-10-12-17-28/h10-13,16-19,22,24-25,32,35H,8-9,14-15,20-21,23H2,1-7H3. The van der Waals surface area contributed by atoms with Crippen LogP contribution in [0.25, 0.3) is 0 Å². The summed E-state index contributed by atoms with van der Waals surface area (Å²) in [6.45, 7) is 12.5. The van der Waals surface area contributed by atoms with Crippen molar-refractivity contribution in [3.8, 4) is 0 Å². The Morgan fingerprint density at radius 3 is 2.20 bits per heavy atom. The Hall–Kier alpha value is -3.30. The molecule has 0 amide bonds. The number of allylic oxidation sites excluding steroid dienone is 3. The van der Waals surface area contributed by atoms with Crippen molar-refractivity contribution in [1.82, 2.24) is 10.2 Å². The van der Waals surface area contributed by atoms with Crippen molar-refractivity contribution < 1.29 is 28.1 Å². The average Bonchev–Trinajstić information content (AvgIpc) is 2.97. The Morgan fingerprint density at radius 2 is 1.62 bits per heavy atom. The predicted octanol–water partition coefficient (Wildman–Crippen LogP) is 8.07. The van der Waals surface area contributed by atoms with Crippen LogP contribution in [-0.2, 0) is 29.7 Å². The topological polar surface area (TPSA) is 120 Å². The van der Waals surface area contributed by atoms with Crippen molar-refractivity contribution in [2.75, 3.05) is 20.2 Å². The maximum absolute atomic E-state index is 15.0. The highest BCUT2D eigenvalue weighted by Crippen LogP contribution is 2.65. The van der Waals surface area contributed by atoms with Crippen molar-refractivity contribution in [2.45, 2.75) is 91.9 Å². The van der Waals surface area contributed by atoms with Gasteiger partial charge in [-0.2, -0.15) is 0 Å². The number of nitro benzene ring substituents is 1. The summed E-state index contributed by atoms with van der Waals surface area (Å²) in [6, 6.07) is 16.0. The number of non-ortho nitro benzene ring substituents is 1. The number of hydrogen-bond acceptors (Lipinski definition) is 9. The van der Waals surface area contributed by atoms with Crippen molar-refractivity contribution in [2.24, 2.45) is 0 Å². The predicted molar refractivity (Wildman–Crippen MR) is 177 cm³/mol. The molecule has 0 aromatic heterocycles. The van der Waals surface area contributed by atoms with E-state index in [1.165, 1.54) is 12.1 Å². The third-order valence-electron chi connectivity index (χ3n) is 7.68. The van der Waals surface area contributed by atoms with E-state index in [-0.39, 0.29) is 23.2 Å². The molecule has 1 N–H and O–H groups in total.